The Morgan fingerprint density at radius 1 is 1.35 bits per heavy atom. The van der Waals surface area contributed by atoms with Gasteiger partial charge in [0, 0.05) is 22.8 Å². The molecule has 0 saturated carbocycles. The van der Waals surface area contributed by atoms with Gasteiger partial charge >= 0.3 is 0 Å². The molecule has 0 saturated heterocycles. The van der Waals surface area contributed by atoms with E-state index in [1.54, 1.807) is 0 Å². The zero-order valence-electron chi connectivity index (χ0n) is 11.9. The molecule has 7 heteroatoms. The molecule has 0 aromatic heterocycles. The van der Waals surface area contributed by atoms with Crippen LogP contribution in [-0.2, 0) is 9.05 Å². The normalized spacial score (nSPS) is 12.1. The van der Waals surface area contributed by atoms with Gasteiger partial charge in [0.15, 0.2) is 0 Å². The van der Waals surface area contributed by atoms with Crippen molar-refractivity contribution >= 4 is 25.6 Å². The van der Waals surface area contributed by atoms with Crippen LogP contribution in [0.2, 0.25) is 0 Å². The molecule has 1 aromatic rings. The first-order valence-corrected chi connectivity index (χ1v) is 8.26. The van der Waals surface area contributed by atoms with E-state index in [0.717, 1.165) is 0 Å². The molecule has 20 heavy (non-hydrogen) atoms. The van der Waals surface area contributed by atoms with E-state index in [4.69, 9.17) is 15.4 Å². The molecular weight excluding hydrogens is 302 g/mol. The summed E-state index contributed by atoms with van der Waals surface area (Å²) in [6.07, 6.45) is 0. The van der Waals surface area contributed by atoms with E-state index >= 15 is 0 Å². The second kappa shape index (κ2) is 6.01. The van der Waals surface area contributed by atoms with Crippen LogP contribution in [0.1, 0.15) is 31.1 Å². The Morgan fingerprint density at radius 3 is 2.40 bits per heavy atom. The van der Waals surface area contributed by atoms with Crippen LogP contribution in [0, 0.1) is 5.41 Å². The van der Waals surface area contributed by atoms with E-state index in [0.29, 0.717) is 6.54 Å². The quantitative estimate of drug-likeness (QED) is 0.865. The fourth-order valence-corrected chi connectivity index (χ4v) is 2.48. The summed E-state index contributed by atoms with van der Waals surface area (Å²) in [4.78, 5) is 11.8. The maximum absolute atomic E-state index is 12.0. The number of hydrogen-bond donors (Lipinski definition) is 1. The molecule has 1 amide bonds. The number of hydrogen-bond acceptors (Lipinski definition) is 4. The van der Waals surface area contributed by atoms with Crippen molar-refractivity contribution in [3.05, 3.63) is 23.8 Å². The number of methoxy groups -OCH3 is 1. The summed E-state index contributed by atoms with van der Waals surface area (Å²) in [5.74, 6) is -0.253. The summed E-state index contributed by atoms with van der Waals surface area (Å²) in [5, 5.41) is 2.74. The van der Waals surface area contributed by atoms with Crippen LogP contribution in [0.3, 0.4) is 0 Å². The van der Waals surface area contributed by atoms with Gasteiger partial charge in [-0.1, -0.05) is 20.8 Å². The summed E-state index contributed by atoms with van der Waals surface area (Å²) in [7, 11) is 2.69. The Hall–Kier alpha value is -1.27. The van der Waals surface area contributed by atoms with Gasteiger partial charge in [-0.05, 0) is 23.6 Å². The molecular formula is C13H18ClNO4S. The van der Waals surface area contributed by atoms with Crippen LogP contribution in [0.15, 0.2) is 23.1 Å². The van der Waals surface area contributed by atoms with Gasteiger partial charge in [-0.25, -0.2) is 8.42 Å². The highest BCUT2D eigenvalue weighted by Gasteiger charge is 2.20. The molecule has 1 rings (SSSR count). The summed E-state index contributed by atoms with van der Waals surface area (Å²) in [6.45, 7) is 6.42. The number of carbonyl (C=O) groups excluding carboxylic acids is 1. The standard InChI is InChI=1S/C13H18ClNO4S/c1-13(2,3)8-15-12(16)9-5-6-10(19-4)11(7-9)20(14,17)18/h5-7H,8H2,1-4H3,(H,15,16). The van der Waals surface area contributed by atoms with Gasteiger partial charge in [-0.2, -0.15) is 0 Å². The first kappa shape index (κ1) is 16.8. The zero-order valence-corrected chi connectivity index (χ0v) is 13.4. The molecule has 1 N–H and O–H groups in total. The minimum Gasteiger partial charge on any atom is -0.495 e. The smallest absolute Gasteiger partial charge is 0.265 e. The fraction of sp³-hybridized carbons (Fsp3) is 0.462. The lowest BCUT2D eigenvalue weighted by Gasteiger charge is -2.18. The molecule has 0 spiro atoms. The van der Waals surface area contributed by atoms with Gasteiger partial charge in [0.25, 0.3) is 15.0 Å². The van der Waals surface area contributed by atoms with Crippen LogP contribution in [0.25, 0.3) is 0 Å². The van der Waals surface area contributed by atoms with Crippen molar-refractivity contribution in [3.63, 3.8) is 0 Å². The molecule has 5 nitrogen and oxygen atoms in total. The molecule has 0 aliphatic carbocycles. The van der Waals surface area contributed by atoms with Gasteiger partial charge in [-0.15, -0.1) is 0 Å². The Bertz CT molecular complexity index is 605. The Labute approximate surface area is 123 Å². The van der Waals surface area contributed by atoms with Crippen molar-refractivity contribution in [2.75, 3.05) is 13.7 Å². The average Bonchev–Trinajstić information content (AvgIpc) is 2.33. The lowest BCUT2D eigenvalue weighted by atomic mass is 9.97. The molecule has 0 atom stereocenters. The van der Waals surface area contributed by atoms with Crippen molar-refractivity contribution in [2.24, 2.45) is 5.41 Å². The molecule has 1 aromatic carbocycles. The first-order chi connectivity index (χ1) is 9.04. The van der Waals surface area contributed by atoms with Crippen molar-refractivity contribution < 1.29 is 17.9 Å². The number of halogens is 1. The molecule has 0 unspecified atom stereocenters. The zero-order chi connectivity index (χ0) is 15.6. The number of ether oxygens (including phenoxy) is 1. The summed E-state index contributed by atoms with van der Waals surface area (Å²) < 4.78 is 27.8. The van der Waals surface area contributed by atoms with Crippen molar-refractivity contribution in [2.45, 2.75) is 25.7 Å². The van der Waals surface area contributed by atoms with E-state index in [1.807, 2.05) is 20.8 Å². The van der Waals surface area contributed by atoms with Crippen LogP contribution in [-0.4, -0.2) is 28.0 Å². The number of carbonyl (C=O) groups is 1. The number of rotatable bonds is 4. The van der Waals surface area contributed by atoms with Gasteiger partial charge < -0.3 is 10.1 Å². The van der Waals surface area contributed by atoms with E-state index in [-0.39, 0.29) is 27.5 Å². The lowest BCUT2D eigenvalue weighted by Crippen LogP contribution is -2.32. The molecule has 0 fully saturated rings. The van der Waals surface area contributed by atoms with Crippen molar-refractivity contribution in [1.82, 2.24) is 5.32 Å². The van der Waals surface area contributed by atoms with E-state index in [1.165, 1.54) is 25.3 Å². The summed E-state index contributed by atoms with van der Waals surface area (Å²) in [6, 6.07) is 4.10. The Kier molecular flexibility index (Phi) is 5.05. The number of amides is 1. The molecule has 112 valence electrons. The third-order valence-electron chi connectivity index (χ3n) is 2.47. The molecule has 0 heterocycles. The molecule has 0 radical (unpaired) electrons. The van der Waals surface area contributed by atoms with E-state index in [2.05, 4.69) is 5.32 Å². The minimum atomic E-state index is -3.98. The second-order valence-electron chi connectivity index (χ2n) is 5.55. The van der Waals surface area contributed by atoms with Gasteiger partial charge in [0.2, 0.25) is 0 Å². The first-order valence-electron chi connectivity index (χ1n) is 5.95. The van der Waals surface area contributed by atoms with E-state index in [9.17, 15) is 13.2 Å². The highest BCUT2D eigenvalue weighted by molar-refractivity contribution is 8.13. The average molecular weight is 320 g/mol. The predicted molar refractivity (Wildman–Crippen MR) is 77.8 cm³/mol. The van der Waals surface area contributed by atoms with E-state index < -0.39 is 9.05 Å². The maximum Gasteiger partial charge on any atom is 0.265 e. The van der Waals surface area contributed by atoms with Crippen LogP contribution in [0.4, 0.5) is 0 Å². The fourth-order valence-electron chi connectivity index (χ4n) is 1.46. The highest BCUT2D eigenvalue weighted by Crippen LogP contribution is 2.27. The summed E-state index contributed by atoms with van der Waals surface area (Å²) >= 11 is 0. The highest BCUT2D eigenvalue weighted by atomic mass is 35.7. The third-order valence-corrected chi connectivity index (χ3v) is 3.81. The van der Waals surface area contributed by atoms with Gasteiger partial charge in [-0.3, -0.25) is 4.79 Å². The maximum atomic E-state index is 12.0. The van der Waals surface area contributed by atoms with Gasteiger partial charge in [0.1, 0.15) is 10.6 Å². The van der Waals surface area contributed by atoms with Crippen LogP contribution in [0.5, 0.6) is 5.75 Å². The van der Waals surface area contributed by atoms with Crippen LogP contribution < -0.4 is 10.1 Å². The van der Waals surface area contributed by atoms with Gasteiger partial charge in [0.05, 0.1) is 7.11 Å². The van der Waals surface area contributed by atoms with Crippen molar-refractivity contribution in [3.8, 4) is 5.75 Å². The monoisotopic (exact) mass is 319 g/mol. The number of nitrogens with one attached hydrogen (secondary N) is 1. The largest absolute Gasteiger partial charge is 0.495 e. The predicted octanol–water partition coefficient (Wildman–Crippen LogP) is 2.40. The Morgan fingerprint density at radius 2 is 1.95 bits per heavy atom. The SMILES string of the molecule is COc1ccc(C(=O)NCC(C)(C)C)cc1S(=O)(=O)Cl. The lowest BCUT2D eigenvalue weighted by molar-refractivity contribution is 0.0939. The Balaban J connectivity index is 3.07. The summed E-state index contributed by atoms with van der Waals surface area (Å²) in [5.41, 5.74) is 0.151. The molecule has 0 aliphatic rings. The number of benzene rings is 1. The topological polar surface area (TPSA) is 72.5 Å². The second-order valence-corrected chi connectivity index (χ2v) is 8.08. The minimum absolute atomic E-state index is 0.0660. The third kappa shape index (κ3) is 4.68. The molecule has 0 aliphatic heterocycles. The molecule has 0 bridgehead atoms. The van der Waals surface area contributed by atoms with Crippen molar-refractivity contribution in [1.29, 1.82) is 0 Å². The van der Waals surface area contributed by atoms with Crippen LogP contribution >= 0.6 is 10.7 Å².